The van der Waals surface area contributed by atoms with Gasteiger partial charge in [-0.15, -0.1) is 0 Å². The van der Waals surface area contributed by atoms with E-state index in [0.29, 0.717) is 11.5 Å². The second kappa shape index (κ2) is 5.11. The third kappa shape index (κ3) is 2.65. The molecule has 0 fully saturated rings. The van der Waals surface area contributed by atoms with Gasteiger partial charge >= 0.3 is 5.97 Å². The average Bonchev–Trinajstić information content (AvgIpc) is 2.26. The molecule has 14 heavy (non-hydrogen) atoms. The van der Waals surface area contributed by atoms with Crippen molar-refractivity contribution in [3.63, 3.8) is 0 Å². The SMILES string of the molecule is COC(=O)COc1ccc[c]c1OC. The average molecular weight is 195 g/mol. The van der Waals surface area contributed by atoms with Crippen LogP contribution in [0.3, 0.4) is 0 Å². The molecule has 75 valence electrons. The molecule has 1 aromatic carbocycles. The van der Waals surface area contributed by atoms with E-state index in [2.05, 4.69) is 10.8 Å². The van der Waals surface area contributed by atoms with E-state index in [1.54, 1.807) is 18.2 Å². The quantitative estimate of drug-likeness (QED) is 0.673. The first-order chi connectivity index (χ1) is 6.77. The minimum absolute atomic E-state index is 0.134. The fourth-order valence-electron chi connectivity index (χ4n) is 0.875. The molecule has 4 nitrogen and oxygen atoms in total. The van der Waals surface area contributed by atoms with Crippen LogP contribution in [0.2, 0.25) is 0 Å². The predicted molar refractivity (Wildman–Crippen MR) is 49.3 cm³/mol. The molecule has 0 amide bonds. The molecule has 0 aliphatic heterocycles. The first-order valence-corrected chi connectivity index (χ1v) is 4.02. The van der Waals surface area contributed by atoms with E-state index in [1.165, 1.54) is 14.2 Å². The fourth-order valence-corrected chi connectivity index (χ4v) is 0.875. The molecular formula is C10H11O4. The Kier molecular flexibility index (Phi) is 3.79. The van der Waals surface area contributed by atoms with Crippen LogP contribution < -0.4 is 9.47 Å². The van der Waals surface area contributed by atoms with Crippen molar-refractivity contribution < 1.29 is 19.0 Å². The van der Waals surface area contributed by atoms with E-state index in [0.717, 1.165) is 0 Å². The molecule has 1 aromatic rings. The van der Waals surface area contributed by atoms with E-state index in [9.17, 15) is 4.79 Å². The molecule has 0 N–H and O–H groups in total. The molecule has 0 aliphatic carbocycles. The van der Waals surface area contributed by atoms with Crippen LogP contribution in [0.1, 0.15) is 0 Å². The number of methoxy groups -OCH3 is 2. The van der Waals surface area contributed by atoms with E-state index < -0.39 is 5.97 Å². The Bertz CT molecular complexity index is 309. The number of esters is 1. The van der Waals surface area contributed by atoms with Crippen LogP contribution in [0.25, 0.3) is 0 Å². The van der Waals surface area contributed by atoms with Gasteiger partial charge in [0.1, 0.15) is 0 Å². The Balaban J connectivity index is 2.61. The van der Waals surface area contributed by atoms with Gasteiger partial charge in [0.05, 0.1) is 14.2 Å². The van der Waals surface area contributed by atoms with Crippen LogP contribution in [-0.2, 0) is 9.53 Å². The number of hydrogen-bond acceptors (Lipinski definition) is 4. The molecule has 1 rings (SSSR count). The zero-order valence-corrected chi connectivity index (χ0v) is 8.07. The van der Waals surface area contributed by atoms with Crippen LogP contribution in [0.15, 0.2) is 18.2 Å². The van der Waals surface area contributed by atoms with Crippen LogP contribution >= 0.6 is 0 Å². The van der Waals surface area contributed by atoms with Crippen molar-refractivity contribution in [1.29, 1.82) is 0 Å². The molecule has 0 heterocycles. The van der Waals surface area contributed by atoms with Crippen molar-refractivity contribution in [3.05, 3.63) is 24.3 Å². The summed E-state index contributed by atoms with van der Waals surface area (Å²) in [7, 11) is 2.82. The summed E-state index contributed by atoms with van der Waals surface area (Å²) in [6, 6.07) is 7.97. The number of benzene rings is 1. The maximum absolute atomic E-state index is 10.8. The smallest absolute Gasteiger partial charge is 0.343 e. The molecule has 0 spiro atoms. The Morgan fingerprint density at radius 1 is 1.50 bits per heavy atom. The first-order valence-electron chi connectivity index (χ1n) is 4.02. The van der Waals surface area contributed by atoms with Crippen molar-refractivity contribution in [2.75, 3.05) is 20.8 Å². The predicted octanol–water partition coefficient (Wildman–Crippen LogP) is 1.05. The lowest BCUT2D eigenvalue weighted by atomic mass is 10.3. The zero-order chi connectivity index (χ0) is 10.4. The zero-order valence-electron chi connectivity index (χ0n) is 8.07. The normalized spacial score (nSPS) is 9.29. The minimum Gasteiger partial charge on any atom is -0.492 e. The number of ether oxygens (including phenoxy) is 3. The van der Waals surface area contributed by atoms with Gasteiger partial charge in [-0.25, -0.2) is 4.79 Å². The van der Waals surface area contributed by atoms with Crippen molar-refractivity contribution in [2.24, 2.45) is 0 Å². The van der Waals surface area contributed by atoms with Crippen molar-refractivity contribution in [1.82, 2.24) is 0 Å². The Morgan fingerprint density at radius 2 is 2.29 bits per heavy atom. The highest BCUT2D eigenvalue weighted by molar-refractivity contribution is 5.71. The van der Waals surface area contributed by atoms with Gasteiger partial charge in [-0.1, -0.05) is 12.1 Å². The van der Waals surface area contributed by atoms with Crippen LogP contribution in [0, 0.1) is 6.07 Å². The molecule has 0 bridgehead atoms. The molecule has 0 unspecified atom stereocenters. The lowest BCUT2D eigenvalue weighted by Gasteiger charge is -2.08. The molecule has 0 saturated carbocycles. The summed E-state index contributed by atoms with van der Waals surface area (Å²) >= 11 is 0. The summed E-state index contributed by atoms with van der Waals surface area (Å²) in [6.07, 6.45) is 0. The second-order valence-electron chi connectivity index (χ2n) is 2.43. The van der Waals surface area contributed by atoms with Gasteiger partial charge < -0.3 is 14.2 Å². The third-order valence-corrected chi connectivity index (χ3v) is 1.56. The summed E-state index contributed by atoms with van der Waals surface area (Å²) < 4.78 is 14.6. The van der Waals surface area contributed by atoms with E-state index in [1.807, 2.05) is 0 Å². The molecule has 0 atom stereocenters. The lowest BCUT2D eigenvalue weighted by Crippen LogP contribution is -2.12. The number of hydrogen-bond donors (Lipinski definition) is 0. The first kappa shape index (κ1) is 10.4. The molecule has 1 radical (unpaired) electrons. The van der Waals surface area contributed by atoms with Gasteiger partial charge in [0.25, 0.3) is 0 Å². The topological polar surface area (TPSA) is 44.8 Å². The largest absolute Gasteiger partial charge is 0.492 e. The van der Waals surface area contributed by atoms with Crippen molar-refractivity contribution in [2.45, 2.75) is 0 Å². The third-order valence-electron chi connectivity index (χ3n) is 1.56. The fraction of sp³-hybridized carbons (Fsp3) is 0.300. The number of carbonyl (C=O) groups is 1. The highest BCUT2D eigenvalue weighted by atomic mass is 16.6. The molecule has 0 aromatic heterocycles. The van der Waals surface area contributed by atoms with Crippen molar-refractivity contribution in [3.8, 4) is 11.5 Å². The molecule has 0 aliphatic rings. The molecule has 0 saturated heterocycles. The molecular weight excluding hydrogens is 184 g/mol. The molecule has 4 heteroatoms. The standard InChI is InChI=1S/C10H11O4/c1-12-8-5-3-4-6-9(8)14-7-10(11)13-2/h3-4,6H,7H2,1-2H3. The summed E-state index contributed by atoms with van der Waals surface area (Å²) in [4.78, 5) is 10.8. The van der Waals surface area contributed by atoms with Gasteiger partial charge in [0, 0.05) is 6.07 Å². The maximum atomic E-state index is 10.8. The summed E-state index contributed by atoms with van der Waals surface area (Å²) in [5.41, 5.74) is 0. The van der Waals surface area contributed by atoms with Crippen LogP contribution in [-0.4, -0.2) is 26.8 Å². The lowest BCUT2D eigenvalue weighted by molar-refractivity contribution is -0.142. The van der Waals surface area contributed by atoms with Gasteiger partial charge in [0.2, 0.25) is 0 Å². The highest BCUT2D eigenvalue weighted by Gasteiger charge is 2.05. The van der Waals surface area contributed by atoms with Gasteiger partial charge in [-0.3, -0.25) is 0 Å². The van der Waals surface area contributed by atoms with Crippen molar-refractivity contribution >= 4 is 5.97 Å². The highest BCUT2D eigenvalue weighted by Crippen LogP contribution is 2.24. The Labute approximate surface area is 82.4 Å². The van der Waals surface area contributed by atoms with E-state index >= 15 is 0 Å². The maximum Gasteiger partial charge on any atom is 0.343 e. The minimum atomic E-state index is -0.434. The second-order valence-corrected chi connectivity index (χ2v) is 2.43. The van der Waals surface area contributed by atoms with E-state index in [-0.39, 0.29) is 6.61 Å². The Morgan fingerprint density at radius 3 is 2.93 bits per heavy atom. The van der Waals surface area contributed by atoms with Gasteiger partial charge in [0.15, 0.2) is 18.1 Å². The van der Waals surface area contributed by atoms with Crippen LogP contribution in [0.4, 0.5) is 0 Å². The Hall–Kier alpha value is -1.71. The van der Waals surface area contributed by atoms with Gasteiger partial charge in [-0.2, -0.15) is 0 Å². The van der Waals surface area contributed by atoms with Gasteiger partial charge in [-0.05, 0) is 6.07 Å². The number of rotatable bonds is 4. The summed E-state index contributed by atoms with van der Waals surface area (Å²) in [6.45, 7) is -0.134. The summed E-state index contributed by atoms with van der Waals surface area (Å²) in [5, 5.41) is 0. The number of carbonyl (C=O) groups excluding carboxylic acids is 1. The summed E-state index contributed by atoms with van der Waals surface area (Å²) in [5.74, 6) is 0.507. The monoisotopic (exact) mass is 195 g/mol. The van der Waals surface area contributed by atoms with Crippen LogP contribution in [0.5, 0.6) is 11.5 Å². The van der Waals surface area contributed by atoms with E-state index in [4.69, 9.17) is 9.47 Å². The number of para-hydroxylation sites is 1.